The Labute approximate surface area is 121 Å². The predicted molar refractivity (Wildman–Crippen MR) is 79.7 cm³/mol. The third-order valence-electron chi connectivity index (χ3n) is 3.92. The van der Waals surface area contributed by atoms with E-state index in [0.29, 0.717) is 0 Å². The van der Waals surface area contributed by atoms with Crippen LogP contribution in [0.15, 0.2) is 18.2 Å². The van der Waals surface area contributed by atoms with Crippen molar-refractivity contribution in [1.82, 2.24) is 10.2 Å². The van der Waals surface area contributed by atoms with E-state index in [4.69, 9.17) is 4.74 Å². The fourth-order valence-corrected chi connectivity index (χ4v) is 3.00. The molecule has 1 amide bonds. The van der Waals surface area contributed by atoms with Crippen LogP contribution in [0.3, 0.4) is 0 Å². The molecule has 20 heavy (non-hydrogen) atoms. The Balaban J connectivity index is 2.30. The van der Waals surface area contributed by atoms with Gasteiger partial charge in [-0.3, -0.25) is 0 Å². The van der Waals surface area contributed by atoms with Crippen LogP contribution in [-0.4, -0.2) is 31.7 Å². The minimum atomic E-state index is -0.214. The largest absolute Gasteiger partial charge is 0.453 e. The van der Waals surface area contributed by atoms with E-state index in [2.05, 4.69) is 30.4 Å². The van der Waals surface area contributed by atoms with Gasteiger partial charge in [0.15, 0.2) is 0 Å². The molecular formula is C16H24N2O2. The fourth-order valence-electron chi connectivity index (χ4n) is 3.00. The monoisotopic (exact) mass is 276 g/mol. The Morgan fingerprint density at radius 3 is 2.95 bits per heavy atom. The Morgan fingerprint density at radius 2 is 2.30 bits per heavy atom. The SMILES string of the molecule is CCCC1c2ccc(CNC)cc2CCN1C(=O)OC. The summed E-state index contributed by atoms with van der Waals surface area (Å²) < 4.78 is 4.92. The summed E-state index contributed by atoms with van der Waals surface area (Å²) in [4.78, 5) is 13.8. The fraction of sp³-hybridized carbons (Fsp3) is 0.562. The first-order chi connectivity index (χ1) is 9.71. The lowest BCUT2D eigenvalue weighted by atomic mass is 9.89. The minimum absolute atomic E-state index is 0.153. The van der Waals surface area contributed by atoms with E-state index in [1.807, 2.05) is 11.9 Å². The second-order valence-corrected chi connectivity index (χ2v) is 5.28. The van der Waals surface area contributed by atoms with Gasteiger partial charge in [0.1, 0.15) is 0 Å². The Bertz CT molecular complexity index is 474. The highest BCUT2D eigenvalue weighted by molar-refractivity contribution is 5.69. The van der Waals surface area contributed by atoms with Crippen molar-refractivity contribution in [3.63, 3.8) is 0 Å². The Morgan fingerprint density at radius 1 is 1.50 bits per heavy atom. The average Bonchev–Trinajstić information content (AvgIpc) is 2.47. The number of hydrogen-bond acceptors (Lipinski definition) is 3. The van der Waals surface area contributed by atoms with Crippen molar-refractivity contribution in [3.8, 4) is 0 Å². The van der Waals surface area contributed by atoms with Crippen LogP contribution in [-0.2, 0) is 17.7 Å². The van der Waals surface area contributed by atoms with E-state index >= 15 is 0 Å². The molecule has 1 N–H and O–H groups in total. The molecule has 4 heteroatoms. The standard InChI is InChI=1S/C16H24N2O2/c1-4-5-15-14-7-6-12(11-17-2)10-13(14)8-9-18(15)16(19)20-3/h6-7,10,15,17H,4-5,8-9,11H2,1-3H3. The van der Waals surface area contributed by atoms with Gasteiger partial charge >= 0.3 is 6.09 Å². The molecule has 0 fully saturated rings. The van der Waals surface area contributed by atoms with E-state index in [0.717, 1.165) is 32.4 Å². The summed E-state index contributed by atoms with van der Waals surface area (Å²) in [6.07, 6.45) is 2.72. The molecule has 1 aromatic carbocycles. The molecule has 4 nitrogen and oxygen atoms in total. The van der Waals surface area contributed by atoms with E-state index in [1.165, 1.54) is 23.8 Å². The first kappa shape index (κ1) is 14.9. The summed E-state index contributed by atoms with van der Waals surface area (Å²) >= 11 is 0. The quantitative estimate of drug-likeness (QED) is 0.919. The molecule has 0 aromatic heterocycles. The molecule has 0 spiro atoms. The molecule has 1 heterocycles. The number of methoxy groups -OCH3 is 1. The lowest BCUT2D eigenvalue weighted by Crippen LogP contribution is -2.40. The normalized spacial score (nSPS) is 17.8. The number of hydrogen-bond donors (Lipinski definition) is 1. The van der Waals surface area contributed by atoms with Gasteiger partial charge in [-0.2, -0.15) is 0 Å². The van der Waals surface area contributed by atoms with Crippen LogP contribution in [0, 0.1) is 0 Å². The van der Waals surface area contributed by atoms with Crippen molar-refractivity contribution in [3.05, 3.63) is 34.9 Å². The molecule has 1 aromatic rings. The maximum Gasteiger partial charge on any atom is 0.410 e. The van der Waals surface area contributed by atoms with Gasteiger partial charge < -0.3 is 15.0 Å². The molecule has 1 atom stereocenters. The number of nitrogens with one attached hydrogen (secondary N) is 1. The molecule has 2 rings (SSSR count). The van der Waals surface area contributed by atoms with Gasteiger partial charge in [-0.1, -0.05) is 31.5 Å². The molecule has 1 unspecified atom stereocenters. The highest BCUT2D eigenvalue weighted by atomic mass is 16.5. The van der Waals surface area contributed by atoms with Crippen molar-refractivity contribution in [1.29, 1.82) is 0 Å². The molecular weight excluding hydrogens is 252 g/mol. The number of carbonyl (C=O) groups is 1. The van der Waals surface area contributed by atoms with Gasteiger partial charge in [0.05, 0.1) is 13.2 Å². The minimum Gasteiger partial charge on any atom is -0.453 e. The summed E-state index contributed by atoms with van der Waals surface area (Å²) in [5.41, 5.74) is 3.95. The number of rotatable bonds is 4. The third-order valence-corrected chi connectivity index (χ3v) is 3.92. The van der Waals surface area contributed by atoms with Gasteiger partial charge in [0.25, 0.3) is 0 Å². The van der Waals surface area contributed by atoms with E-state index in [-0.39, 0.29) is 12.1 Å². The first-order valence-electron chi connectivity index (χ1n) is 7.32. The van der Waals surface area contributed by atoms with Gasteiger partial charge in [-0.15, -0.1) is 0 Å². The van der Waals surface area contributed by atoms with Crippen LogP contribution in [0.2, 0.25) is 0 Å². The lowest BCUT2D eigenvalue weighted by Gasteiger charge is -2.36. The van der Waals surface area contributed by atoms with Gasteiger partial charge in [-0.25, -0.2) is 4.79 Å². The number of ether oxygens (including phenoxy) is 1. The maximum atomic E-state index is 11.9. The summed E-state index contributed by atoms with van der Waals surface area (Å²) in [5.74, 6) is 0. The zero-order valence-electron chi connectivity index (χ0n) is 12.6. The van der Waals surface area contributed by atoms with E-state index < -0.39 is 0 Å². The number of carbonyl (C=O) groups excluding carboxylic acids is 1. The number of amides is 1. The number of nitrogens with zero attached hydrogens (tertiary/aromatic N) is 1. The van der Waals surface area contributed by atoms with Crippen molar-refractivity contribution in [2.75, 3.05) is 20.7 Å². The summed E-state index contributed by atoms with van der Waals surface area (Å²) in [5, 5.41) is 3.18. The second kappa shape index (κ2) is 6.75. The molecule has 110 valence electrons. The molecule has 0 saturated carbocycles. The predicted octanol–water partition coefficient (Wildman–Crippen LogP) is 2.87. The zero-order valence-corrected chi connectivity index (χ0v) is 12.6. The Hall–Kier alpha value is -1.55. The van der Waals surface area contributed by atoms with Crippen LogP contribution in [0.4, 0.5) is 4.79 Å². The first-order valence-corrected chi connectivity index (χ1v) is 7.32. The third kappa shape index (κ3) is 2.96. The van der Waals surface area contributed by atoms with Gasteiger partial charge in [0, 0.05) is 13.1 Å². The molecule has 0 radical (unpaired) electrons. The molecule has 1 aliphatic heterocycles. The van der Waals surface area contributed by atoms with Crippen LogP contribution in [0.25, 0.3) is 0 Å². The molecule has 0 bridgehead atoms. The van der Waals surface area contributed by atoms with Gasteiger partial charge in [-0.05, 0) is 36.6 Å². The summed E-state index contributed by atoms with van der Waals surface area (Å²) in [6.45, 7) is 3.78. The van der Waals surface area contributed by atoms with Crippen LogP contribution >= 0.6 is 0 Å². The summed E-state index contributed by atoms with van der Waals surface area (Å²) in [7, 11) is 3.41. The van der Waals surface area contributed by atoms with Crippen LogP contribution in [0.1, 0.15) is 42.5 Å². The van der Waals surface area contributed by atoms with Crippen molar-refractivity contribution < 1.29 is 9.53 Å². The maximum absolute atomic E-state index is 11.9. The lowest BCUT2D eigenvalue weighted by molar-refractivity contribution is 0.0981. The molecule has 0 saturated heterocycles. The van der Waals surface area contributed by atoms with Crippen molar-refractivity contribution in [2.24, 2.45) is 0 Å². The average molecular weight is 276 g/mol. The van der Waals surface area contributed by atoms with Crippen molar-refractivity contribution in [2.45, 2.75) is 38.8 Å². The second-order valence-electron chi connectivity index (χ2n) is 5.28. The Kier molecular flexibility index (Phi) is 5.01. The molecule has 0 aliphatic carbocycles. The zero-order chi connectivity index (χ0) is 14.5. The van der Waals surface area contributed by atoms with E-state index in [1.54, 1.807) is 0 Å². The van der Waals surface area contributed by atoms with Crippen LogP contribution in [0.5, 0.6) is 0 Å². The topological polar surface area (TPSA) is 41.6 Å². The van der Waals surface area contributed by atoms with E-state index in [9.17, 15) is 4.79 Å². The van der Waals surface area contributed by atoms with Crippen LogP contribution < -0.4 is 5.32 Å². The van der Waals surface area contributed by atoms with Crippen molar-refractivity contribution >= 4 is 6.09 Å². The van der Waals surface area contributed by atoms with Gasteiger partial charge in [0.2, 0.25) is 0 Å². The smallest absolute Gasteiger partial charge is 0.410 e. The highest BCUT2D eigenvalue weighted by Gasteiger charge is 2.30. The number of fused-ring (bicyclic) bond motifs is 1. The highest BCUT2D eigenvalue weighted by Crippen LogP contribution is 2.34. The molecule has 1 aliphatic rings. The summed E-state index contributed by atoms with van der Waals surface area (Å²) in [6, 6.07) is 6.75. The number of benzene rings is 1.